The van der Waals surface area contributed by atoms with Crippen molar-refractivity contribution in [1.82, 2.24) is 0 Å². The zero-order chi connectivity index (χ0) is 15.5. The summed E-state index contributed by atoms with van der Waals surface area (Å²) in [7, 11) is 0. The molecule has 0 aliphatic carbocycles. The van der Waals surface area contributed by atoms with E-state index in [9.17, 15) is 9.59 Å². The monoisotopic (exact) mass is 414 g/mol. The van der Waals surface area contributed by atoms with E-state index in [2.05, 4.69) is 57.8 Å². The van der Waals surface area contributed by atoms with Crippen molar-refractivity contribution in [1.29, 1.82) is 0 Å². The Morgan fingerprint density at radius 1 is 1.00 bits per heavy atom. The Bertz CT molecular complexity index is 224. The zero-order valence-electron chi connectivity index (χ0n) is 11.4. The number of esters is 2. The molecular weight excluding hydrogens is 391 g/mol. The Hall–Kier alpha value is -0.0813. The molecule has 0 unspecified atom stereocenters. The number of hydrogen-bond donors (Lipinski definition) is 2. The molecular formula is C12H22O4S2Sn. The second kappa shape index (κ2) is 23.0. The first-order valence-electron chi connectivity index (χ1n) is 5.37. The van der Waals surface area contributed by atoms with Gasteiger partial charge in [-0.25, -0.2) is 0 Å². The van der Waals surface area contributed by atoms with E-state index in [1.54, 1.807) is 0 Å². The van der Waals surface area contributed by atoms with Crippen LogP contribution in [0, 0.1) is 0 Å². The van der Waals surface area contributed by atoms with Crippen LogP contribution in [-0.4, -0.2) is 57.8 Å². The van der Waals surface area contributed by atoms with Gasteiger partial charge < -0.3 is 9.47 Å². The SMILES string of the molecule is C=CCOC(=O)CS.C=CCOC(=O)CS.[CH3][Sn][CH3]. The average molecular weight is 413 g/mol. The summed E-state index contributed by atoms with van der Waals surface area (Å²) in [6.07, 6.45) is 3.03. The summed E-state index contributed by atoms with van der Waals surface area (Å²) in [6, 6.07) is 0. The van der Waals surface area contributed by atoms with Crippen molar-refractivity contribution < 1.29 is 19.1 Å². The zero-order valence-corrected chi connectivity index (χ0v) is 16.1. The van der Waals surface area contributed by atoms with Crippen LogP contribution in [0.5, 0.6) is 0 Å². The molecule has 0 bridgehead atoms. The van der Waals surface area contributed by atoms with Gasteiger partial charge in [0.25, 0.3) is 0 Å². The molecule has 0 atom stereocenters. The number of ether oxygens (including phenoxy) is 2. The normalized spacial score (nSPS) is 7.79. The summed E-state index contributed by atoms with van der Waals surface area (Å²) in [5, 5.41) is 0. The average Bonchev–Trinajstić information content (AvgIpc) is 2.43. The number of carbonyl (C=O) groups excluding carboxylic acids is 2. The molecule has 0 aliphatic rings. The van der Waals surface area contributed by atoms with Gasteiger partial charge in [-0.15, -0.1) is 0 Å². The third kappa shape index (κ3) is 32.0. The van der Waals surface area contributed by atoms with Crippen molar-refractivity contribution >= 4 is 58.3 Å². The molecule has 7 heteroatoms. The van der Waals surface area contributed by atoms with Gasteiger partial charge in [-0.1, -0.05) is 25.3 Å². The summed E-state index contributed by atoms with van der Waals surface area (Å²) in [5.41, 5.74) is 0. The van der Waals surface area contributed by atoms with Crippen molar-refractivity contribution in [2.24, 2.45) is 0 Å². The predicted octanol–water partition coefficient (Wildman–Crippen LogP) is 2.08. The van der Waals surface area contributed by atoms with Crippen LogP contribution in [0.2, 0.25) is 9.88 Å². The standard InChI is InChI=1S/2C5H8O2S.2CH3.Sn/c2*1-2-3-7-5(6)4-8;;;/h2*2,8H,1,3-4H2;2*1H3;. The fourth-order valence-electron chi connectivity index (χ4n) is 0.395. The number of thiol groups is 2. The summed E-state index contributed by atoms with van der Waals surface area (Å²) < 4.78 is 9.01. The molecule has 19 heavy (non-hydrogen) atoms. The minimum atomic E-state index is -0.312. The Labute approximate surface area is 137 Å². The van der Waals surface area contributed by atoms with Crippen LogP contribution in [0.3, 0.4) is 0 Å². The Morgan fingerprint density at radius 3 is 1.42 bits per heavy atom. The van der Waals surface area contributed by atoms with Gasteiger partial charge in [-0.2, -0.15) is 25.3 Å². The molecule has 0 saturated carbocycles. The molecule has 0 N–H and O–H groups in total. The van der Waals surface area contributed by atoms with E-state index in [-0.39, 0.29) is 57.8 Å². The second-order valence-corrected chi connectivity index (χ2v) is 6.25. The minimum absolute atomic E-state index is 0.133. The fourth-order valence-corrected chi connectivity index (χ4v) is 0.578. The van der Waals surface area contributed by atoms with Gasteiger partial charge in [0, 0.05) is 0 Å². The molecule has 0 aromatic heterocycles. The van der Waals surface area contributed by atoms with E-state index in [0.717, 1.165) is 0 Å². The van der Waals surface area contributed by atoms with Crippen LogP contribution >= 0.6 is 25.3 Å². The molecule has 0 aromatic carbocycles. The molecule has 0 amide bonds. The molecule has 0 heterocycles. The number of carbonyl (C=O) groups is 2. The van der Waals surface area contributed by atoms with Gasteiger partial charge in [-0.05, 0) is 0 Å². The second-order valence-electron chi connectivity index (χ2n) is 2.76. The molecule has 110 valence electrons. The summed E-state index contributed by atoms with van der Waals surface area (Å²) in [5.74, 6) is -0.358. The maximum atomic E-state index is 10.2. The predicted molar refractivity (Wildman–Crippen MR) is 87.5 cm³/mol. The maximum absolute atomic E-state index is 10.2. The van der Waals surface area contributed by atoms with Crippen molar-refractivity contribution in [2.75, 3.05) is 24.7 Å². The van der Waals surface area contributed by atoms with Crippen molar-refractivity contribution in [2.45, 2.75) is 9.88 Å². The summed E-state index contributed by atoms with van der Waals surface area (Å²) in [4.78, 5) is 25.0. The molecule has 2 radical (unpaired) electrons. The van der Waals surface area contributed by atoms with Gasteiger partial charge in [-0.3, -0.25) is 9.59 Å². The third-order valence-corrected chi connectivity index (χ3v) is 1.50. The van der Waals surface area contributed by atoms with E-state index < -0.39 is 0 Å². The van der Waals surface area contributed by atoms with Crippen molar-refractivity contribution in [3.63, 3.8) is 0 Å². The van der Waals surface area contributed by atoms with Crippen LogP contribution in [0.15, 0.2) is 25.3 Å². The summed E-state index contributed by atoms with van der Waals surface area (Å²) in [6.45, 7) is 7.28. The van der Waals surface area contributed by atoms with Gasteiger partial charge in [0.15, 0.2) is 0 Å². The fraction of sp³-hybridized carbons (Fsp3) is 0.500. The molecule has 0 spiro atoms. The Morgan fingerprint density at radius 2 is 1.26 bits per heavy atom. The van der Waals surface area contributed by atoms with Crippen molar-refractivity contribution in [3.8, 4) is 0 Å². The molecule has 0 aliphatic heterocycles. The van der Waals surface area contributed by atoms with Gasteiger partial charge in [0.05, 0.1) is 11.5 Å². The third-order valence-electron chi connectivity index (χ3n) is 0.983. The van der Waals surface area contributed by atoms with Crippen LogP contribution < -0.4 is 0 Å². The van der Waals surface area contributed by atoms with Crippen molar-refractivity contribution in [3.05, 3.63) is 25.3 Å². The first kappa shape index (κ1) is 24.0. The first-order chi connectivity index (χ1) is 9.03. The van der Waals surface area contributed by atoms with E-state index in [0.29, 0.717) is 0 Å². The molecule has 0 aromatic rings. The van der Waals surface area contributed by atoms with E-state index >= 15 is 0 Å². The van der Waals surface area contributed by atoms with E-state index in [4.69, 9.17) is 0 Å². The van der Waals surface area contributed by atoms with Crippen LogP contribution in [0.25, 0.3) is 0 Å². The molecule has 0 fully saturated rings. The van der Waals surface area contributed by atoms with E-state index in [1.165, 1.54) is 12.2 Å². The number of rotatable bonds is 6. The van der Waals surface area contributed by atoms with Crippen LogP contribution in [0.1, 0.15) is 0 Å². The molecule has 0 rings (SSSR count). The van der Waals surface area contributed by atoms with Gasteiger partial charge >= 0.3 is 43.0 Å². The Kier molecular flexibility index (Phi) is 29.1. The van der Waals surface area contributed by atoms with Crippen LogP contribution in [0.4, 0.5) is 0 Å². The number of hydrogen-bond acceptors (Lipinski definition) is 6. The molecule has 4 nitrogen and oxygen atoms in total. The Balaban J connectivity index is -0.000000224. The molecule has 0 saturated heterocycles. The van der Waals surface area contributed by atoms with Gasteiger partial charge in [0.1, 0.15) is 13.2 Å². The van der Waals surface area contributed by atoms with Crippen LogP contribution in [-0.2, 0) is 19.1 Å². The van der Waals surface area contributed by atoms with Gasteiger partial charge in [0.2, 0.25) is 0 Å². The topological polar surface area (TPSA) is 52.6 Å². The summed E-state index contributed by atoms with van der Waals surface area (Å²) >= 11 is 7.59. The first-order valence-corrected chi connectivity index (χ1v) is 12.3. The van der Waals surface area contributed by atoms with E-state index in [1.807, 2.05) is 0 Å². The quantitative estimate of drug-likeness (QED) is 0.303.